The fourth-order valence-corrected chi connectivity index (χ4v) is 15.3. The van der Waals surface area contributed by atoms with Gasteiger partial charge in [-0.1, -0.05) is 55.4 Å². The first-order chi connectivity index (χ1) is 10.7. The maximum absolute atomic E-state index is 7.08. The molecule has 1 aromatic rings. The van der Waals surface area contributed by atoms with E-state index in [1.807, 2.05) is 0 Å². The smallest absolute Gasteiger partial charge is 0.395 e. The quantitative estimate of drug-likeness (QED) is 0.589. The van der Waals surface area contributed by atoms with E-state index >= 15 is 0 Å². The van der Waals surface area contributed by atoms with Crippen LogP contribution in [-0.2, 0) is 15.1 Å². The number of hydrogen-bond acceptors (Lipinski definition) is 4. The highest BCUT2D eigenvalue weighted by Crippen LogP contribution is 2.47. The molecule has 23 heavy (non-hydrogen) atoms. The summed E-state index contributed by atoms with van der Waals surface area (Å²) in [5.41, 5.74) is 1.55. The Balaban J connectivity index is 2.60. The van der Waals surface area contributed by atoms with Crippen LogP contribution < -0.4 is 4.43 Å². The van der Waals surface area contributed by atoms with Crippen LogP contribution in [0.2, 0.25) is 22.2 Å². The summed E-state index contributed by atoms with van der Waals surface area (Å²) in [6.07, 6.45) is 0. The van der Waals surface area contributed by atoms with Crippen LogP contribution in [0.3, 0.4) is 0 Å². The van der Waals surface area contributed by atoms with Crippen LogP contribution in [0.5, 0.6) is 5.75 Å². The minimum atomic E-state index is -2.45. The molecule has 2 rings (SSSR count). The van der Waals surface area contributed by atoms with Gasteiger partial charge in [0.15, 0.2) is 0 Å². The Bertz CT molecular complexity index is 510. The highest BCUT2D eigenvalue weighted by Gasteiger charge is 2.58. The third-order valence-corrected chi connectivity index (χ3v) is 15.9. The number of thiophene rings is 1. The summed E-state index contributed by atoms with van der Waals surface area (Å²) in [4.78, 5) is 1.21. The Kier molecular flexibility index (Phi) is 5.84. The summed E-state index contributed by atoms with van der Waals surface area (Å²) in [7, 11) is -4.83. The average Bonchev–Trinajstić information content (AvgIpc) is 2.84. The van der Waals surface area contributed by atoms with Crippen molar-refractivity contribution < 1.29 is 13.0 Å². The molecule has 0 atom stereocenters. The first-order valence-corrected chi connectivity index (χ1v) is 13.6. The third kappa shape index (κ3) is 3.33. The summed E-state index contributed by atoms with van der Waals surface area (Å²) in [6, 6.07) is 2.08. The molecule has 0 aliphatic carbocycles. The van der Waals surface area contributed by atoms with E-state index in [-0.39, 0.29) is 0 Å². The van der Waals surface area contributed by atoms with Crippen LogP contribution in [0.4, 0.5) is 0 Å². The number of fused-ring (bicyclic) bond motifs is 1. The lowest BCUT2D eigenvalue weighted by atomic mass is 10.4. The lowest BCUT2D eigenvalue weighted by Crippen LogP contribution is -2.63. The fraction of sp³-hybridized carbons (Fsp3) is 0.765. The summed E-state index contributed by atoms with van der Waals surface area (Å²) in [6.45, 7) is 18.6. The van der Waals surface area contributed by atoms with E-state index < -0.39 is 17.1 Å². The zero-order chi connectivity index (χ0) is 17.4. The molecule has 1 aromatic heterocycles. The van der Waals surface area contributed by atoms with Crippen LogP contribution in [-0.4, -0.2) is 17.1 Å². The van der Waals surface area contributed by atoms with Gasteiger partial charge in [-0.05, 0) is 22.5 Å². The van der Waals surface area contributed by atoms with Crippen molar-refractivity contribution in [3.8, 4) is 5.75 Å². The molecule has 0 bridgehead atoms. The third-order valence-electron chi connectivity index (χ3n) is 4.94. The minimum Gasteiger partial charge on any atom is -0.519 e. The number of hydrogen-bond donors (Lipinski definition) is 0. The highest BCUT2D eigenvalue weighted by molar-refractivity contribution is 7.10. The second kappa shape index (κ2) is 7.00. The molecule has 0 spiro atoms. The summed E-state index contributed by atoms with van der Waals surface area (Å²) in [5.74, 6) is 0.985. The largest absolute Gasteiger partial charge is 0.519 e. The lowest BCUT2D eigenvalue weighted by molar-refractivity contribution is 0.174. The van der Waals surface area contributed by atoms with E-state index in [9.17, 15) is 0 Å². The molecular formula is C17H32O3SSi2. The monoisotopic (exact) mass is 372 g/mol. The van der Waals surface area contributed by atoms with Crippen molar-refractivity contribution in [2.75, 3.05) is 0 Å². The van der Waals surface area contributed by atoms with Crippen molar-refractivity contribution in [1.82, 2.24) is 0 Å². The van der Waals surface area contributed by atoms with E-state index in [1.54, 1.807) is 11.3 Å². The Morgan fingerprint density at radius 3 is 1.87 bits per heavy atom. The van der Waals surface area contributed by atoms with Gasteiger partial charge in [0.2, 0.25) is 0 Å². The second-order valence-electron chi connectivity index (χ2n) is 7.76. The van der Waals surface area contributed by atoms with Crippen LogP contribution in [0.25, 0.3) is 0 Å². The van der Waals surface area contributed by atoms with Crippen molar-refractivity contribution in [3.63, 3.8) is 0 Å². The predicted octanol–water partition coefficient (Wildman–Crippen LogP) is 6.20. The van der Waals surface area contributed by atoms with Crippen LogP contribution >= 0.6 is 11.3 Å². The van der Waals surface area contributed by atoms with Gasteiger partial charge in [-0.3, -0.25) is 0 Å². The molecule has 0 N–H and O–H groups in total. The van der Waals surface area contributed by atoms with Crippen molar-refractivity contribution in [1.29, 1.82) is 0 Å². The molecule has 132 valence electrons. The molecule has 0 aromatic carbocycles. The van der Waals surface area contributed by atoms with E-state index in [0.717, 1.165) is 5.75 Å². The molecule has 0 radical (unpaired) electrons. The topological polar surface area (TPSA) is 27.7 Å². The van der Waals surface area contributed by atoms with Gasteiger partial charge >= 0.3 is 17.1 Å². The summed E-state index contributed by atoms with van der Waals surface area (Å²) in [5, 5.41) is 2.10. The molecule has 0 amide bonds. The molecule has 6 heteroatoms. The predicted molar refractivity (Wildman–Crippen MR) is 103 cm³/mol. The Morgan fingerprint density at radius 2 is 1.39 bits per heavy atom. The summed E-state index contributed by atoms with van der Waals surface area (Å²) >= 11 is 1.74. The molecule has 1 aliphatic rings. The minimum absolute atomic E-state index is 0.376. The molecule has 0 saturated heterocycles. The van der Waals surface area contributed by atoms with Crippen LogP contribution in [0.1, 0.15) is 60.3 Å². The molecule has 0 fully saturated rings. The highest BCUT2D eigenvalue weighted by atomic mass is 32.1. The Hall–Kier alpha value is -0.146. The molecule has 3 nitrogen and oxygen atoms in total. The molecule has 2 heterocycles. The van der Waals surface area contributed by atoms with Gasteiger partial charge < -0.3 is 13.0 Å². The van der Waals surface area contributed by atoms with Crippen molar-refractivity contribution in [2.45, 2.75) is 84.2 Å². The van der Waals surface area contributed by atoms with Gasteiger partial charge in [-0.25, -0.2) is 0 Å². The van der Waals surface area contributed by atoms with Gasteiger partial charge in [0.25, 0.3) is 0 Å². The molecule has 1 aliphatic heterocycles. The van der Waals surface area contributed by atoms with Gasteiger partial charge in [0.1, 0.15) is 5.75 Å². The number of rotatable bonds is 4. The zero-order valence-electron chi connectivity index (χ0n) is 15.8. The zero-order valence-corrected chi connectivity index (χ0v) is 18.6. The van der Waals surface area contributed by atoms with Gasteiger partial charge in [0, 0.05) is 11.1 Å². The van der Waals surface area contributed by atoms with Crippen molar-refractivity contribution >= 4 is 28.5 Å². The first-order valence-electron chi connectivity index (χ1n) is 8.75. The van der Waals surface area contributed by atoms with Gasteiger partial charge in [-0.2, -0.15) is 0 Å². The van der Waals surface area contributed by atoms with E-state index in [2.05, 4.69) is 66.8 Å². The molecular weight excluding hydrogens is 340 g/mol. The van der Waals surface area contributed by atoms with E-state index in [1.165, 1.54) is 4.88 Å². The van der Waals surface area contributed by atoms with Gasteiger partial charge in [-0.15, -0.1) is 11.3 Å². The first kappa shape index (κ1) is 19.2. The van der Waals surface area contributed by atoms with Crippen molar-refractivity contribution in [3.05, 3.63) is 16.3 Å². The Morgan fingerprint density at radius 1 is 0.870 bits per heavy atom. The maximum atomic E-state index is 7.08. The van der Waals surface area contributed by atoms with E-state index in [0.29, 0.717) is 28.8 Å². The standard InChI is InChI=1S/C17H32O3SSi2/c1-12(2)22(13(3)4)18-11-17-16(9-10-21-17)19-23(20-22,14(5)6)15(7)8/h9-10,12-15H,11H2,1-8H3. The lowest BCUT2D eigenvalue weighted by Gasteiger charge is -2.49. The summed E-state index contributed by atoms with van der Waals surface area (Å²) < 4.78 is 20.4. The van der Waals surface area contributed by atoms with Crippen LogP contribution in [0.15, 0.2) is 11.4 Å². The average molecular weight is 373 g/mol. The van der Waals surface area contributed by atoms with Crippen LogP contribution in [0, 0.1) is 0 Å². The molecule has 0 unspecified atom stereocenters. The molecule has 0 saturated carbocycles. The van der Waals surface area contributed by atoms with Gasteiger partial charge in [0.05, 0.1) is 11.5 Å². The van der Waals surface area contributed by atoms with Crippen molar-refractivity contribution in [2.24, 2.45) is 0 Å². The fourth-order valence-electron chi connectivity index (χ4n) is 3.55. The van der Waals surface area contributed by atoms with E-state index in [4.69, 9.17) is 13.0 Å². The SMILES string of the molecule is CC(C)[Si]1(C(C)C)OCc2sccc2O[Si](C(C)C)(C(C)C)O1. The maximum Gasteiger partial charge on any atom is 0.395 e. The second-order valence-corrected chi connectivity index (χ2v) is 17.6. The normalized spacial score (nSPS) is 20.5. The Labute approximate surface area is 147 Å².